The van der Waals surface area contributed by atoms with Crippen molar-refractivity contribution in [1.29, 1.82) is 0 Å². The molecule has 4 heteroatoms. The van der Waals surface area contributed by atoms with E-state index in [1.54, 1.807) is 0 Å². The summed E-state index contributed by atoms with van der Waals surface area (Å²) in [4.78, 5) is 12.0. The van der Waals surface area contributed by atoms with Crippen LogP contribution in [0, 0.1) is 6.92 Å². The molecule has 2 aromatic carbocycles. The van der Waals surface area contributed by atoms with E-state index in [-0.39, 0.29) is 18.5 Å². The van der Waals surface area contributed by atoms with E-state index in [0.29, 0.717) is 0 Å². The number of benzene rings is 2. The Labute approximate surface area is 133 Å². The molecule has 110 valence electrons. The normalized spacial score (nSPS) is 12.0. The van der Waals surface area contributed by atoms with Gasteiger partial charge in [0.15, 0.2) is 0 Å². The van der Waals surface area contributed by atoms with Crippen LogP contribution in [0.1, 0.15) is 24.1 Å². The molecule has 21 heavy (non-hydrogen) atoms. The van der Waals surface area contributed by atoms with Crippen LogP contribution in [0.15, 0.2) is 53.0 Å². The minimum Gasteiger partial charge on any atom is -0.325 e. The molecule has 0 aromatic heterocycles. The van der Waals surface area contributed by atoms with Gasteiger partial charge in [0, 0.05) is 16.2 Å². The van der Waals surface area contributed by atoms with Gasteiger partial charge in [0.1, 0.15) is 0 Å². The fourth-order valence-electron chi connectivity index (χ4n) is 2.09. The van der Waals surface area contributed by atoms with Crippen molar-refractivity contribution >= 4 is 27.5 Å². The van der Waals surface area contributed by atoms with Crippen LogP contribution in [-0.4, -0.2) is 12.5 Å². The molecule has 0 saturated heterocycles. The number of para-hydroxylation sites is 1. The molecule has 2 N–H and O–H groups in total. The number of rotatable bonds is 5. The summed E-state index contributed by atoms with van der Waals surface area (Å²) in [6.07, 6.45) is 0. The van der Waals surface area contributed by atoms with Crippen molar-refractivity contribution in [3.63, 3.8) is 0 Å². The fourth-order valence-corrected chi connectivity index (χ4v) is 2.72. The van der Waals surface area contributed by atoms with Gasteiger partial charge in [0.2, 0.25) is 5.91 Å². The lowest BCUT2D eigenvalue weighted by Crippen LogP contribution is -2.30. The van der Waals surface area contributed by atoms with Crippen LogP contribution in [0.25, 0.3) is 0 Å². The molecule has 0 spiro atoms. The van der Waals surface area contributed by atoms with Crippen molar-refractivity contribution in [3.05, 3.63) is 64.1 Å². The van der Waals surface area contributed by atoms with Crippen LogP contribution < -0.4 is 10.6 Å². The molecule has 1 amide bonds. The Kier molecular flexibility index (Phi) is 5.53. The molecule has 2 rings (SSSR count). The maximum absolute atomic E-state index is 12.0. The monoisotopic (exact) mass is 346 g/mol. The first-order chi connectivity index (χ1) is 10.1. The third-order valence-electron chi connectivity index (χ3n) is 3.36. The maximum atomic E-state index is 12.0. The Morgan fingerprint density at radius 2 is 1.81 bits per heavy atom. The third-order valence-corrected chi connectivity index (χ3v) is 4.08. The number of carbonyl (C=O) groups is 1. The summed E-state index contributed by atoms with van der Waals surface area (Å²) in [5.74, 6) is -0.0387. The summed E-state index contributed by atoms with van der Waals surface area (Å²) in [5.41, 5.74) is 3.06. The second-order valence-corrected chi connectivity index (χ2v) is 5.84. The van der Waals surface area contributed by atoms with Crippen molar-refractivity contribution < 1.29 is 4.79 Å². The second kappa shape index (κ2) is 7.38. The van der Waals surface area contributed by atoms with Crippen LogP contribution in [-0.2, 0) is 4.79 Å². The van der Waals surface area contributed by atoms with Crippen molar-refractivity contribution in [2.75, 3.05) is 11.9 Å². The third kappa shape index (κ3) is 4.41. The minimum absolute atomic E-state index is 0.0387. The van der Waals surface area contributed by atoms with Gasteiger partial charge in [-0.1, -0.05) is 52.3 Å². The van der Waals surface area contributed by atoms with Crippen molar-refractivity contribution in [3.8, 4) is 0 Å². The van der Waals surface area contributed by atoms with E-state index in [4.69, 9.17) is 0 Å². The molecule has 0 radical (unpaired) electrons. The first-order valence-electron chi connectivity index (χ1n) is 6.91. The number of hydrogen-bond donors (Lipinski definition) is 2. The highest BCUT2D eigenvalue weighted by Gasteiger charge is 2.10. The van der Waals surface area contributed by atoms with E-state index in [0.717, 1.165) is 21.3 Å². The molecular weight excluding hydrogens is 328 g/mol. The Balaban J connectivity index is 1.90. The molecular formula is C17H19BrN2O. The summed E-state index contributed by atoms with van der Waals surface area (Å²) in [5, 5.41) is 6.16. The number of hydrogen-bond acceptors (Lipinski definition) is 2. The van der Waals surface area contributed by atoms with Crippen LogP contribution in [0.4, 0.5) is 5.69 Å². The average Bonchev–Trinajstić information content (AvgIpc) is 2.48. The number of anilines is 1. The Bertz CT molecular complexity index is 628. The second-order valence-electron chi connectivity index (χ2n) is 4.99. The summed E-state index contributed by atoms with van der Waals surface area (Å²) in [6, 6.07) is 15.9. The zero-order chi connectivity index (χ0) is 15.2. The molecule has 0 aliphatic carbocycles. The number of aryl methyl sites for hydroxylation is 1. The van der Waals surface area contributed by atoms with Crippen LogP contribution in [0.2, 0.25) is 0 Å². The van der Waals surface area contributed by atoms with E-state index >= 15 is 0 Å². The number of halogens is 1. The summed E-state index contributed by atoms with van der Waals surface area (Å²) in [7, 11) is 0. The SMILES string of the molecule is Cc1ccccc1NC(=O)CN[C@H](C)c1ccccc1Br. The van der Waals surface area contributed by atoms with Crippen molar-refractivity contribution in [2.24, 2.45) is 0 Å². The van der Waals surface area contributed by atoms with Crippen LogP contribution >= 0.6 is 15.9 Å². The van der Waals surface area contributed by atoms with Gasteiger partial charge in [0.25, 0.3) is 0 Å². The number of nitrogens with one attached hydrogen (secondary N) is 2. The van der Waals surface area contributed by atoms with Gasteiger partial charge < -0.3 is 10.6 Å². The highest BCUT2D eigenvalue weighted by molar-refractivity contribution is 9.10. The van der Waals surface area contributed by atoms with Gasteiger partial charge in [-0.05, 0) is 37.1 Å². The Morgan fingerprint density at radius 1 is 1.14 bits per heavy atom. The Morgan fingerprint density at radius 3 is 2.52 bits per heavy atom. The van der Waals surface area contributed by atoms with Gasteiger partial charge in [-0.15, -0.1) is 0 Å². The van der Waals surface area contributed by atoms with Gasteiger partial charge in [-0.25, -0.2) is 0 Å². The maximum Gasteiger partial charge on any atom is 0.238 e. The first-order valence-corrected chi connectivity index (χ1v) is 7.70. The predicted octanol–water partition coefficient (Wildman–Crippen LogP) is 4.05. The van der Waals surface area contributed by atoms with E-state index in [1.165, 1.54) is 0 Å². The largest absolute Gasteiger partial charge is 0.325 e. The van der Waals surface area contributed by atoms with E-state index in [2.05, 4.69) is 26.6 Å². The smallest absolute Gasteiger partial charge is 0.238 e. The average molecular weight is 347 g/mol. The molecule has 3 nitrogen and oxygen atoms in total. The lowest BCUT2D eigenvalue weighted by atomic mass is 10.1. The molecule has 1 atom stereocenters. The summed E-state index contributed by atoms with van der Waals surface area (Å²) >= 11 is 3.53. The summed E-state index contributed by atoms with van der Waals surface area (Å²) in [6.45, 7) is 4.30. The van der Waals surface area contributed by atoms with Crippen LogP contribution in [0.3, 0.4) is 0 Å². The zero-order valence-electron chi connectivity index (χ0n) is 12.2. The summed E-state index contributed by atoms with van der Waals surface area (Å²) < 4.78 is 1.05. The highest BCUT2D eigenvalue weighted by atomic mass is 79.9. The topological polar surface area (TPSA) is 41.1 Å². The molecule has 0 saturated carbocycles. The van der Waals surface area contributed by atoms with Gasteiger partial charge in [-0.3, -0.25) is 4.79 Å². The molecule has 0 aliphatic rings. The molecule has 2 aromatic rings. The molecule has 0 bridgehead atoms. The molecule has 0 aliphatic heterocycles. The van der Waals surface area contributed by atoms with Gasteiger partial charge in [0.05, 0.1) is 6.54 Å². The molecule has 0 heterocycles. The lowest BCUT2D eigenvalue weighted by molar-refractivity contribution is -0.115. The Hall–Kier alpha value is -1.65. The fraction of sp³-hybridized carbons (Fsp3) is 0.235. The zero-order valence-corrected chi connectivity index (χ0v) is 13.8. The quantitative estimate of drug-likeness (QED) is 0.857. The van der Waals surface area contributed by atoms with Crippen molar-refractivity contribution in [2.45, 2.75) is 19.9 Å². The van der Waals surface area contributed by atoms with E-state index < -0.39 is 0 Å². The minimum atomic E-state index is -0.0387. The highest BCUT2D eigenvalue weighted by Crippen LogP contribution is 2.22. The number of amides is 1. The standard InChI is InChI=1S/C17H19BrN2O/c1-12-7-3-6-10-16(12)20-17(21)11-19-13(2)14-8-4-5-9-15(14)18/h3-10,13,19H,11H2,1-2H3,(H,20,21)/t13-/m1/s1. The van der Waals surface area contributed by atoms with E-state index in [9.17, 15) is 4.79 Å². The van der Waals surface area contributed by atoms with Crippen molar-refractivity contribution in [1.82, 2.24) is 5.32 Å². The van der Waals surface area contributed by atoms with Gasteiger partial charge >= 0.3 is 0 Å². The van der Waals surface area contributed by atoms with Crippen LogP contribution in [0.5, 0.6) is 0 Å². The first kappa shape index (κ1) is 15.7. The van der Waals surface area contributed by atoms with Gasteiger partial charge in [-0.2, -0.15) is 0 Å². The molecule has 0 unspecified atom stereocenters. The van der Waals surface area contributed by atoms with E-state index in [1.807, 2.05) is 62.4 Å². The predicted molar refractivity (Wildman–Crippen MR) is 90.4 cm³/mol. The lowest BCUT2D eigenvalue weighted by Gasteiger charge is -2.16. The molecule has 0 fully saturated rings. The number of carbonyl (C=O) groups excluding carboxylic acids is 1.